The first-order valence-corrected chi connectivity index (χ1v) is 5.48. The van der Waals surface area contributed by atoms with Crippen LogP contribution in [-0.4, -0.2) is 11.1 Å². The van der Waals surface area contributed by atoms with Gasteiger partial charge in [-0.25, -0.2) is 22.0 Å². The lowest BCUT2D eigenvalue weighted by atomic mass is 10.0. The summed E-state index contributed by atoms with van der Waals surface area (Å²) in [4.78, 5) is 10.2. The number of carbonyl (C=O) groups is 1. The third-order valence-electron chi connectivity index (χ3n) is 2.54. The summed E-state index contributed by atoms with van der Waals surface area (Å²) in [6.07, 6.45) is -1.29. The monoisotopic (exact) mass is 282 g/mol. The minimum atomic E-state index is -3.67. The number of aliphatic carboxylic acids is 1. The van der Waals surface area contributed by atoms with Crippen molar-refractivity contribution in [2.45, 2.75) is 31.6 Å². The van der Waals surface area contributed by atoms with Gasteiger partial charge in [0.05, 0.1) is 5.56 Å². The molecular formula is C12H11F5O2. The zero-order valence-electron chi connectivity index (χ0n) is 9.73. The summed E-state index contributed by atoms with van der Waals surface area (Å²) in [6.45, 7) is 0. The van der Waals surface area contributed by atoms with Gasteiger partial charge in [0.25, 0.3) is 5.92 Å². The Morgan fingerprint density at radius 3 is 2.21 bits per heavy atom. The van der Waals surface area contributed by atoms with Gasteiger partial charge in [0.1, 0.15) is 5.82 Å². The standard InChI is InChI=1S/C12H11F5O2/c13-8-6-10(15)9(14)5-7(8)12(16,17)4-2-1-3-11(18)19/h5-6H,1-4H2,(H,18,19). The van der Waals surface area contributed by atoms with Crippen molar-refractivity contribution in [3.63, 3.8) is 0 Å². The van der Waals surface area contributed by atoms with Crippen LogP contribution in [-0.2, 0) is 10.7 Å². The average Bonchev–Trinajstić information content (AvgIpc) is 2.29. The van der Waals surface area contributed by atoms with E-state index in [9.17, 15) is 26.7 Å². The molecule has 106 valence electrons. The highest BCUT2D eigenvalue weighted by Crippen LogP contribution is 2.36. The van der Waals surface area contributed by atoms with Crippen LogP contribution in [0.4, 0.5) is 22.0 Å². The van der Waals surface area contributed by atoms with Crippen LogP contribution in [0.2, 0.25) is 0 Å². The SMILES string of the molecule is O=C(O)CCCCC(F)(F)c1cc(F)c(F)cc1F. The van der Waals surface area contributed by atoms with Crippen LogP contribution in [0.5, 0.6) is 0 Å². The largest absolute Gasteiger partial charge is 0.481 e. The number of hydrogen-bond acceptors (Lipinski definition) is 1. The van der Waals surface area contributed by atoms with Gasteiger partial charge in [-0.3, -0.25) is 4.79 Å². The molecule has 0 heterocycles. The van der Waals surface area contributed by atoms with Crippen molar-refractivity contribution < 1.29 is 31.9 Å². The Kier molecular flexibility index (Phi) is 4.85. The fourth-order valence-corrected chi connectivity index (χ4v) is 1.56. The fraction of sp³-hybridized carbons (Fsp3) is 0.417. The van der Waals surface area contributed by atoms with Crippen LogP contribution in [0.25, 0.3) is 0 Å². The van der Waals surface area contributed by atoms with Gasteiger partial charge in [0.2, 0.25) is 0 Å². The molecule has 1 N–H and O–H groups in total. The van der Waals surface area contributed by atoms with Crippen LogP contribution in [0.15, 0.2) is 12.1 Å². The van der Waals surface area contributed by atoms with Crippen LogP contribution < -0.4 is 0 Å². The van der Waals surface area contributed by atoms with E-state index in [1.807, 2.05) is 0 Å². The van der Waals surface area contributed by atoms with Gasteiger partial charge in [-0.2, -0.15) is 0 Å². The molecule has 0 aliphatic rings. The number of alkyl halides is 2. The number of unbranched alkanes of at least 4 members (excludes halogenated alkanes) is 1. The predicted octanol–water partition coefficient (Wildman–Crippen LogP) is 3.84. The number of benzene rings is 1. The second-order valence-electron chi connectivity index (χ2n) is 4.05. The van der Waals surface area contributed by atoms with E-state index >= 15 is 0 Å². The predicted molar refractivity (Wildman–Crippen MR) is 56.3 cm³/mol. The molecule has 0 aromatic heterocycles. The maximum Gasteiger partial charge on any atom is 0.303 e. The van der Waals surface area contributed by atoms with Crippen LogP contribution in [0.3, 0.4) is 0 Å². The second kappa shape index (κ2) is 5.99. The highest BCUT2D eigenvalue weighted by atomic mass is 19.3. The van der Waals surface area contributed by atoms with E-state index in [-0.39, 0.29) is 31.4 Å². The van der Waals surface area contributed by atoms with E-state index in [1.54, 1.807) is 0 Å². The molecule has 1 rings (SSSR count). The zero-order chi connectivity index (χ0) is 14.6. The van der Waals surface area contributed by atoms with Gasteiger partial charge in [-0.15, -0.1) is 0 Å². The molecule has 2 nitrogen and oxygen atoms in total. The third-order valence-corrected chi connectivity index (χ3v) is 2.54. The molecule has 1 aromatic carbocycles. The Bertz CT molecular complexity index is 473. The molecule has 0 amide bonds. The Morgan fingerprint density at radius 1 is 1.05 bits per heavy atom. The van der Waals surface area contributed by atoms with E-state index in [0.29, 0.717) is 0 Å². The van der Waals surface area contributed by atoms with E-state index < -0.39 is 41.3 Å². The lowest BCUT2D eigenvalue weighted by Gasteiger charge is -2.17. The Hall–Kier alpha value is -1.66. The minimum absolute atomic E-state index is 0.00375. The quantitative estimate of drug-likeness (QED) is 0.489. The molecule has 0 atom stereocenters. The summed E-state index contributed by atoms with van der Waals surface area (Å²) < 4.78 is 65.8. The second-order valence-corrected chi connectivity index (χ2v) is 4.05. The number of hydrogen-bond donors (Lipinski definition) is 1. The Labute approximate surface area is 105 Å². The summed E-state index contributed by atoms with van der Waals surface area (Å²) in [5.41, 5.74) is -1.22. The summed E-state index contributed by atoms with van der Waals surface area (Å²) in [5, 5.41) is 8.33. The first kappa shape index (κ1) is 15.4. The molecule has 1 aromatic rings. The molecule has 19 heavy (non-hydrogen) atoms. The molecule has 0 fully saturated rings. The van der Waals surface area contributed by atoms with Crippen molar-refractivity contribution >= 4 is 5.97 Å². The number of carboxylic acid groups (broad SMARTS) is 1. The number of carboxylic acids is 1. The van der Waals surface area contributed by atoms with Gasteiger partial charge >= 0.3 is 5.97 Å². The Morgan fingerprint density at radius 2 is 1.63 bits per heavy atom. The van der Waals surface area contributed by atoms with Crippen LogP contribution >= 0.6 is 0 Å². The van der Waals surface area contributed by atoms with Crippen molar-refractivity contribution in [2.24, 2.45) is 0 Å². The van der Waals surface area contributed by atoms with E-state index in [4.69, 9.17) is 5.11 Å². The lowest BCUT2D eigenvalue weighted by Crippen LogP contribution is -2.16. The molecule has 0 radical (unpaired) electrons. The zero-order valence-corrected chi connectivity index (χ0v) is 9.73. The van der Waals surface area contributed by atoms with Crippen molar-refractivity contribution in [3.05, 3.63) is 35.1 Å². The minimum Gasteiger partial charge on any atom is -0.481 e. The Balaban J connectivity index is 2.76. The first-order chi connectivity index (χ1) is 8.74. The maximum atomic E-state index is 13.6. The number of rotatable bonds is 6. The molecular weight excluding hydrogens is 271 g/mol. The smallest absolute Gasteiger partial charge is 0.303 e. The average molecular weight is 282 g/mol. The lowest BCUT2D eigenvalue weighted by molar-refractivity contribution is -0.137. The molecule has 0 bridgehead atoms. The third kappa shape index (κ3) is 4.18. The molecule has 7 heteroatoms. The highest BCUT2D eigenvalue weighted by Gasteiger charge is 2.35. The van der Waals surface area contributed by atoms with Gasteiger partial charge in [0.15, 0.2) is 11.6 Å². The topological polar surface area (TPSA) is 37.3 Å². The van der Waals surface area contributed by atoms with Crippen molar-refractivity contribution in [1.29, 1.82) is 0 Å². The highest BCUT2D eigenvalue weighted by molar-refractivity contribution is 5.66. The fourth-order valence-electron chi connectivity index (χ4n) is 1.56. The van der Waals surface area contributed by atoms with Gasteiger partial charge < -0.3 is 5.11 Å². The summed E-state index contributed by atoms with van der Waals surface area (Å²) in [5.74, 6) is -9.41. The van der Waals surface area contributed by atoms with Crippen molar-refractivity contribution in [1.82, 2.24) is 0 Å². The van der Waals surface area contributed by atoms with Crippen LogP contribution in [0, 0.1) is 17.5 Å². The van der Waals surface area contributed by atoms with Crippen molar-refractivity contribution in [3.8, 4) is 0 Å². The number of halogens is 5. The van der Waals surface area contributed by atoms with Gasteiger partial charge in [0, 0.05) is 18.9 Å². The van der Waals surface area contributed by atoms with Crippen LogP contribution in [0.1, 0.15) is 31.2 Å². The normalized spacial score (nSPS) is 11.6. The van der Waals surface area contributed by atoms with E-state index in [0.717, 1.165) is 0 Å². The van der Waals surface area contributed by atoms with E-state index in [1.165, 1.54) is 0 Å². The molecule has 0 aliphatic carbocycles. The molecule has 0 unspecified atom stereocenters. The van der Waals surface area contributed by atoms with Gasteiger partial charge in [-0.1, -0.05) is 0 Å². The van der Waals surface area contributed by atoms with E-state index in [2.05, 4.69) is 0 Å². The summed E-state index contributed by atoms with van der Waals surface area (Å²) in [7, 11) is 0. The first-order valence-electron chi connectivity index (χ1n) is 5.48. The molecule has 0 spiro atoms. The summed E-state index contributed by atoms with van der Waals surface area (Å²) in [6, 6.07) is 0.192. The molecule has 0 saturated carbocycles. The maximum absolute atomic E-state index is 13.6. The van der Waals surface area contributed by atoms with Gasteiger partial charge in [-0.05, 0) is 18.9 Å². The summed E-state index contributed by atoms with van der Waals surface area (Å²) >= 11 is 0. The molecule has 0 aliphatic heterocycles. The molecule has 0 saturated heterocycles. The van der Waals surface area contributed by atoms with Crippen molar-refractivity contribution in [2.75, 3.05) is 0 Å².